The molecule has 0 saturated heterocycles. The Kier molecular flexibility index (Phi) is 4.24. The van der Waals surface area contributed by atoms with Gasteiger partial charge in [0.1, 0.15) is 6.04 Å². The number of hydrogen-bond acceptors (Lipinski definition) is 4. The second-order valence-electron chi connectivity index (χ2n) is 5.33. The molecule has 1 atom stereocenters. The Morgan fingerprint density at radius 2 is 2.36 bits per heavy atom. The molecule has 3 heterocycles. The Morgan fingerprint density at radius 1 is 1.50 bits per heavy atom. The fraction of sp³-hybridized carbons (Fsp3) is 0.400. The molecule has 2 aromatic heterocycles. The van der Waals surface area contributed by atoms with E-state index in [4.69, 9.17) is 0 Å². The Bertz CT molecular complexity index is 665. The maximum Gasteiger partial charge on any atom is 0.244 e. The van der Waals surface area contributed by atoms with Crippen LogP contribution in [0.25, 0.3) is 0 Å². The van der Waals surface area contributed by atoms with Crippen molar-refractivity contribution in [1.29, 1.82) is 0 Å². The van der Waals surface area contributed by atoms with Gasteiger partial charge >= 0.3 is 0 Å². The summed E-state index contributed by atoms with van der Waals surface area (Å²) in [4.78, 5) is 31.1. The highest BCUT2D eigenvalue weighted by Gasteiger charge is 2.30. The van der Waals surface area contributed by atoms with Crippen molar-refractivity contribution >= 4 is 23.2 Å². The fourth-order valence-electron chi connectivity index (χ4n) is 2.62. The van der Waals surface area contributed by atoms with Crippen molar-refractivity contribution in [2.45, 2.75) is 25.9 Å². The first kappa shape index (κ1) is 14.8. The van der Waals surface area contributed by atoms with Gasteiger partial charge in [0.15, 0.2) is 0 Å². The summed E-state index contributed by atoms with van der Waals surface area (Å²) >= 11 is 1.69. The van der Waals surface area contributed by atoms with Crippen LogP contribution in [0.5, 0.6) is 0 Å². The zero-order valence-corrected chi connectivity index (χ0v) is 13.2. The number of amides is 2. The van der Waals surface area contributed by atoms with Crippen molar-refractivity contribution in [3.63, 3.8) is 0 Å². The summed E-state index contributed by atoms with van der Waals surface area (Å²) in [7, 11) is 0. The minimum absolute atomic E-state index is 0.0242. The summed E-state index contributed by atoms with van der Waals surface area (Å²) in [6.07, 6.45) is 4.20. The number of hydrogen-bond donors (Lipinski definition) is 1. The molecule has 0 radical (unpaired) electrons. The molecule has 1 aliphatic heterocycles. The zero-order chi connectivity index (χ0) is 15.5. The number of fused-ring (bicyclic) bond motifs is 1. The summed E-state index contributed by atoms with van der Waals surface area (Å²) in [5, 5.41) is 4.99. The average Bonchev–Trinajstić information content (AvgIpc) is 3.16. The topological polar surface area (TPSA) is 67.2 Å². The van der Waals surface area contributed by atoms with E-state index >= 15 is 0 Å². The van der Waals surface area contributed by atoms with Gasteiger partial charge in [-0.05, 0) is 17.9 Å². The van der Waals surface area contributed by atoms with Crippen LogP contribution in [0.15, 0.2) is 30.0 Å². The van der Waals surface area contributed by atoms with Crippen LogP contribution in [0.3, 0.4) is 0 Å². The maximum atomic E-state index is 12.5. The minimum Gasteiger partial charge on any atom is -0.354 e. The molecule has 3 rings (SSSR count). The van der Waals surface area contributed by atoms with Crippen molar-refractivity contribution in [2.24, 2.45) is 0 Å². The summed E-state index contributed by atoms with van der Waals surface area (Å²) in [5.41, 5.74) is 0.889. The van der Waals surface area contributed by atoms with Crippen LogP contribution < -0.4 is 5.32 Å². The highest BCUT2D eigenvalue weighted by Crippen LogP contribution is 2.21. The molecule has 0 saturated carbocycles. The smallest absolute Gasteiger partial charge is 0.244 e. The summed E-state index contributed by atoms with van der Waals surface area (Å²) < 4.78 is 1.86. The van der Waals surface area contributed by atoms with Crippen molar-refractivity contribution in [2.75, 3.05) is 13.1 Å². The number of thiophene rings is 1. The van der Waals surface area contributed by atoms with Crippen molar-refractivity contribution in [3.8, 4) is 0 Å². The molecule has 1 N–H and O–H groups in total. The number of nitrogens with one attached hydrogen (secondary N) is 1. The van der Waals surface area contributed by atoms with Gasteiger partial charge < -0.3 is 14.8 Å². The van der Waals surface area contributed by atoms with E-state index in [-0.39, 0.29) is 11.8 Å². The lowest BCUT2D eigenvalue weighted by Gasteiger charge is -2.33. The molecular weight excluding hydrogens is 300 g/mol. The molecule has 2 aromatic rings. The molecule has 0 spiro atoms. The first-order valence-corrected chi connectivity index (χ1v) is 8.09. The van der Waals surface area contributed by atoms with Gasteiger partial charge in [-0.1, -0.05) is 6.07 Å². The van der Waals surface area contributed by atoms with Crippen LogP contribution in [0.1, 0.15) is 23.5 Å². The molecule has 0 aromatic carbocycles. The van der Waals surface area contributed by atoms with Crippen LogP contribution in [-0.4, -0.2) is 39.4 Å². The molecule has 0 unspecified atom stereocenters. The van der Waals surface area contributed by atoms with Gasteiger partial charge in [0.25, 0.3) is 0 Å². The van der Waals surface area contributed by atoms with Crippen LogP contribution in [0, 0.1) is 0 Å². The first-order valence-electron chi connectivity index (χ1n) is 7.21. The minimum atomic E-state index is -0.404. The average molecular weight is 318 g/mol. The molecule has 7 heteroatoms. The predicted octanol–water partition coefficient (Wildman–Crippen LogP) is 1.21. The Morgan fingerprint density at radius 3 is 3.09 bits per heavy atom. The van der Waals surface area contributed by atoms with Gasteiger partial charge in [0.05, 0.1) is 25.1 Å². The second-order valence-corrected chi connectivity index (χ2v) is 6.36. The highest BCUT2D eigenvalue weighted by molar-refractivity contribution is 7.09. The third-order valence-corrected chi connectivity index (χ3v) is 4.76. The lowest BCUT2D eigenvalue weighted by molar-refractivity contribution is -0.133. The maximum absolute atomic E-state index is 12.5. The largest absolute Gasteiger partial charge is 0.354 e. The normalized spacial score (nSPS) is 17.1. The van der Waals surface area contributed by atoms with E-state index in [2.05, 4.69) is 16.4 Å². The predicted molar refractivity (Wildman–Crippen MR) is 83.4 cm³/mol. The second kappa shape index (κ2) is 6.31. The highest BCUT2D eigenvalue weighted by atomic mass is 32.1. The third kappa shape index (κ3) is 3.04. The van der Waals surface area contributed by atoms with E-state index in [0.717, 1.165) is 12.1 Å². The molecule has 116 valence electrons. The summed E-state index contributed by atoms with van der Waals surface area (Å²) in [6, 6.07) is 3.66. The zero-order valence-electron chi connectivity index (χ0n) is 12.4. The van der Waals surface area contributed by atoms with Crippen molar-refractivity contribution in [1.82, 2.24) is 19.8 Å². The third-order valence-electron chi connectivity index (χ3n) is 3.83. The van der Waals surface area contributed by atoms with Crippen LogP contribution in [0.2, 0.25) is 0 Å². The number of carbonyl (C=O) groups is 2. The van der Waals surface area contributed by atoms with E-state index in [1.54, 1.807) is 28.8 Å². The lowest BCUT2D eigenvalue weighted by atomic mass is 10.1. The molecule has 0 aliphatic carbocycles. The van der Waals surface area contributed by atoms with E-state index < -0.39 is 6.04 Å². The van der Waals surface area contributed by atoms with Crippen LogP contribution in [-0.2, 0) is 22.6 Å². The standard InChI is InChI=1S/C15H18N4O2S/c1-11(20)18-8-12-7-16-10-19(12)14(9-18)15(21)17-5-4-13-3-2-6-22-13/h2-3,6-7,10,14H,4-5,8-9H2,1H3,(H,17,21)/t14-/m0/s1. The van der Waals surface area contributed by atoms with Crippen LogP contribution >= 0.6 is 11.3 Å². The first-order chi connectivity index (χ1) is 10.6. The Labute approximate surface area is 132 Å². The van der Waals surface area contributed by atoms with E-state index in [1.807, 2.05) is 16.0 Å². The van der Waals surface area contributed by atoms with E-state index in [9.17, 15) is 9.59 Å². The SMILES string of the molecule is CC(=O)N1Cc2cncn2[C@H](C(=O)NCCc2cccs2)C1. The van der Waals surface area contributed by atoms with E-state index in [1.165, 1.54) is 11.8 Å². The van der Waals surface area contributed by atoms with Gasteiger partial charge in [-0.3, -0.25) is 9.59 Å². The van der Waals surface area contributed by atoms with Crippen molar-refractivity contribution < 1.29 is 9.59 Å². The molecule has 0 fully saturated rings. The number of carbonyl (C=O) groups excluding carboxylic acids is 2. The van der Waals surface area contributed by atoms with E-state index in [0.29, 0.717) is 19.6 Å². The monoisotopic (exact) mass is 318 g/mol. The van der Waals surface area contributed by atoms with Gasteiger partial charge in [0.2, 0.25) is 11.8 Å². The lowest BCUT2D eigenvalue weighted by Crippen LogP contribution is -2.46. The number of imidazole rings is 1. The summed E-state index contributed by atoms with van der Waals surface area (Å²) in [6.45, 7) is 3.02. The Balaban J connectivity index is 1.65. The number of rotatable bonds is 4. The summed E-state index contributed by atoms with van der Waals surface area (Å²) in [5.74, 6) is -0.0920. The Hall–Kier alpha value is -2.15. The molecule has 2 amide bonds. The fourth-order valence-corrected chi connectivity index (χ4v) is 3.33. The van der Waals surface area contributed by atoms with Crippen molar-refractivity contribution in [3.05, 3.63) is 40.6 Å². The molecule has 1 aliphatic rings. The van der Waals surface area contributed by atoms with Crippen LogP contribution in [0.4, 0.5) is 0 Å². The van der Waals surface area contributed by atoms with Gasteiger partial charge in [-0.25, -0.2) is 4.98 Å². The molecule has 6 nitrogen and oxygen atoms in total. The molecule has 0 bridgehead atoms. The number of nitrogens with zero attached hydrogens (tertiary/aromatic N) is 3. The molecule has 22 heavy (non-hydrogen) atoms. The van der Waals surface area contributed by atoms with Gasteiger partial charge in [0, 0.05) is 24.5 Å². The van der Waals surface area contributed by atoms with Gasteiger partial charge in [-0.2, -0.15) is 0 Å². The molecular formula is C15H18N4O2S. The van der Waals surface area contributed by atoms with Gasteiger partial charge in [-0.15, -0.1) is 11.3 Å². The quantitative estimate of drug-likeness (QED) is 0.921. The number of aromatic nitrogens is 2.